The van der Waals surface area contributed by atoms with E-state index in [9.17, 15) is 8.42 Å². The molecule has 1 aromatic heterocycles. The van der Waals surface area contributed by atoms with E-state index < -0.39 is 10.0 Å². The van der Waals surface area contributed by atoms with Crippen LogP contribution in [0.3, 0.4) is 0 Å². The minimum atomic E-state index is -3.35. The highest BCUT2D eigenvalue weighted by Gasteiger charge is 2.27. The maximum Gasteiger partial charge on any atom is 0.218 e. The van der Waals surface area contributed by atoms with Crippen molar-refractivity contribution in [1.29, 1.82) is 0 Å². The standard InChI is InChI=1S/C17H22ClN5O2S/c1-21(2)16-7-8-17(20-19-16)22-9-11-23(12-10-22)26(24,25)13-14-3-5-15(18)6-4-14/h3-8H,9-13H2,1-2H3. The Morgan fingerprint density at radius 2 is 1.65 bits per heavy atom. The lowest BCUT2D eigenvalue weighted by molar-refractivity contribution is 0.383. The Hall–Kier alpha value is -1.90. The average Bonchev–Trinajstić information content (AvgIpc) is 2.64. The number of aromatic nitrogens is 2. The average molecular weight is 396 g/mol. The number of anilines is 2. The van der Waals surface area contributed by atoms with Crippen molar-refractivity contribution < 1.29 is 8.42 Å². The SMILES string of the molecule is CN(C)c1ccc(N2CCN(S(=O)(=O)Cc3ccc(Cl)cc3)CC2)nn1. The van der Waals surface area contributed by atoms with Crippen molar-refractivity contribution in [3.8, 4) is 0 Å². The molecule has 26 heavy (non-hydrogen) atoms. The lowest BCUT2D eigenvalue weighted by Crippen LogP contribution is -2.49. The Balaban J connectivity index is 1.61. The second-order valence-electron chi connectivity index (χ2n) is 6.41. The highest BCUT2D eigenvalue weighted by atomic mass is 35.5. The zero-order valence-corrected chi connectivity index (χ0v) is 16.4. The van der Waals surface area contributed by atoms with Gasteiger partial charge in [-0.3, -0.25) is 0 Å². The summed E-state index contributed by atoms with van der Waals surface area (Å²) in [6.45, 7) is 2.06. The van der Waals surface area contributed by atoms with Crippen LogP contribution in [0.1, 0.15) is 5.56 Å². The predicted molar refractivity (Wildman–Crippen MR) is 104 cm³/mol. The Bertz CT molecular complexity index is 832. The largest absolute Gasteiger partial charge is 0.361 e. The number of halogens is 1. The Labute approximate surface area is 159 Å². The van der Waals surface area contributed by atoms with Gasteiger partial charge in [0.25, 0.3) is 0 Å². The first-order chi connectivity index (χ1) is 12.3. The third-order valence-electron chi connectivity index (χ3n) is 4.31. The lowest BCUT2D eigenvalue weighted by Gasteiger charge is -2.34. The van der Waals surface area contributed by atoms with Crippen LogP contribution in [0.4, 0.5) is 11.6 Å². The minimum Gasteiger partial charge on any atom is -0.361 e. The summed E-state index contributed by atoms with van der Waals surface area (Å²) in [7, 11) is 0.470. The summed E-state index contributed by atoms with van der Waals surface area (Å²) < 4.78 is 26.8. The molecule has 1 fully saturated rings. The van der Waals surface area contributed by atoms with Crippen LogP contribution in [0.2, 0.25) is 5.02 Å². The zero-order valence-electron chi connectivity index (χ0n) is 14.8. The highest BCUT2D eigenvalue weighted by molar-refractivity contribution is 7.88. The van der Waals surface area contributed by atoms with Crippen LogP contribution in [0, 0.1) is 0 Å². The second-order valence-corrected chi connectivity index (χ2v) is 8.82. The summed E-state index contributed by atoms with van der Waals surface area (Å²) in [5.74, 6) is 1.55. The number of benzene rings is 1. The Kier molecular flexibility index (Phi) is 5.64. The molecule has 2 heterocycles. The van der Waals surface area contributed by atoms with Gasteiger partial charge in [0.1, 0.15) is 0 Å². The van der Waals surface area contributed by atoms with E-state index in [0.29, 0.717) is 31.2 Å². The Morgan fingerprint density at radius 3 is 2.19 bits per heavy atom. The summed E-state index contributed by atoms with van der Waals surface area (Å²) in [6, 6.07) is 10.7. The molecule has 140 valence electrons. The van der Waals surface area contributed by atoms with Gasteiger partial charge in [-0.2, -0.15) is 4.31 Å². The second kappa shape index (κ2) is 7.77. The first-order valence-corrected chi connectivity index (χ1v) is 10.3. The highest BCUT2D eigenvalue weighted by Crippen LogP contribution is 2.19. The van der Waals surface area contributed by atoms with Crippen molar-refractivity contribution in [2.45, 2.75) is 5.75 Å². The van der Waals surface area contributed by atoms with E-state index in [1.807, 2.05) is 31.1 Å². The van der Waals surface area contributed by atoms with Crippen molar-refractivity contribution in [2.75, 3.05) is 50.1 Å². The number of sulfonamides is 1. The topological polar surface area (TPSA) is 69.6 Å². The molecule has 0 radical (unpaired) electrons. The molecule has 0 amide bonds. The normalized spacial score (nSPS) is 15.9. The van der Waals surface area contributed by atoms with Gasteiger partial charge in [0, 0.05) is 45.3 Å². The summed E-state index contributed by atoms with van der Waals surface area (Å²) in [6.07, 6.45) is 0. The van der Waals surface area contributed by atoms with E-state index in [0.717, 1.165) is 17.2 Å². The fourth-order valence-corrected chi connectivity index (χ4v) is 4.45. The van der Waals surface area contributed by atoms with Crippen LogP contribution in [-0.4, -0.2) is 63.2 Å². The van der Waals surface area contributed by atoms with Gasteiger partial charge >= 0.3 is 0 Å². The zero-order chi connectivity index (χ0) is 18.7. The Morgan fingerprint density at radius 1 is 1.00 bits per heavy atom. The van der Waals surface area contributed by atoms with Crippen LogP contribution in [0.5, 0.6) is 0 Å². The maximum absolute atomic E-state index is 12.6. The number of hydrogen-bond donors (Lipinski definition) is 0. The molecule has 1 aliphatic rings. The number of piperazine rings is 1. The molecular formula is C17H22ClN5O2S. The maximum atomic E-state index is 12.6. The van der Waals surface area contributed by atoms with E-state index in [2.05, 4.69) is 15.1 Å². The van der Waals surface area contributed by atoms with Crippen LogP contribution in [0.25, 0.3) is 0 Å². The molecule has 7 nitrogen and oxygen atoms in total. The van der Waals surface area contributed by atoms with Gasteiger partial charge in [0.05, 0.1) is 5.75 Å². The third kappa shape index (κ3) is 4.44. The van der Waals surface area contributed by atoms with E-state index in [1.54, 1.807) is 28.6 Å². The van der Waals surface area contributed by atoms with Gasteiger partial charge < -0.3 is 9.80 Å². The van der Waals surface area contributed by atoms with Crippen molar-refractivity contribution >= 4 is 33.3 Å². The van der Waals surface area contributed by atoms with Crippen molar-refractivity contribution in [1.82, 2.24) is 14.5 Å². The molecule has 0 spiro atoms. The first-order valence-electron chi connectivity index (χ1n) is 8.33. The number of hydrogen-bond acceptors (Lipinski definition) is 6. The molecule has 0 unspecified atom stereocenters. The summed E-state index contributed by atoms with van der Waals surface area (Å²) in [5, 5.41) is 9.01. The molecule has 3 rings (SSSR count). The molecule has 0 N–H and O–H groups in total. The molecule has 0 aliphatic carbocycles. The molecule has 0 saturated carbocycles. The number of rotatable bonds is 5. The molecular weight excluding hydrogens is 374 g/mol. The van der Waals surface area contributed by atoms with Gasteiger partial charge in [-0.25, -0.2) is 8.42 Å². The molecule has 1 aliphatic heterocycles. The van der Waals surface area contributed by atoms with Crippen LogP contribution in [-0.2, 0) is 15.8 Å². The van der Waals surface area contributed by atoms with Gasteiger partial charge in [0.15, 0.2) is 11.6 Å². The van der Waals surface area contributed by atoms with Crippen LogP contribution >= 0.6 is 11.6 Å². The fraction of sp³-hybridized carbons (Fsp3) is 0.412. The smallest absolute Gasteiger partial charge is 0.218 e. The molecule has 1 saturated heterocycles. The number of nitrogens with zero attached hydrogens (tertiary/aromatic N) is 5. The fourth-order valence-electron chi connectivity index (χ4n) is 2.80. The van der Waals surface area contributed by atoms with E-state index in [4.69, 9.17) is 11.6 Å². The summed E-state index contributed by atoms with van der Waals surface area (Å²) in [4.78, 5) is 3.94. The third-order valence-corrected chi connectivity index (χ3v) is 6.41. The van der Waals surface area contributed by atoms with Crippen molar-refractivity contribution in [3.05, 3.63) is 47.0 Å². The van der Waals surface area contributed by atoms with Gasteiger partial charge in [-0.15, -0.1) is 10.2 Å². The molecule has 9 heteroatoms. The van der Waals surface area contributed by atoms with E-state index >= 15 is 0 Å². The molecule has 2 aromatic rings. The monoisotopic (exact) mass is 395 g/mol. The molecule has 0 atom stereocenters. The van der Waals surface area contributed by atoms with Gasteiger partial charge in [-0.1, -0.05) is 23.7 Å². The summed E-state index contributed by atoms with van der Waals surface area (Å²) >= 11 is 5.85. The van der Waals surface area contributed by atoms with Crippen molar-refractivity contribution in [2.24, 2.45) is 0 Å². The minimum absolute atomic E-state index is 0.0124. The summed E-state index contributed by atoms with van der Waals surface area (Å²) in [5.41, 5.74) is 0.738. The van der Waals surface area contributed by atoms with Gasteiger partial charge in [0.2, 0.25) is 10.0 Å². The van der Waals surface area contributed by atoms with Crippen LogP contribution in [0.15, 0.2) is 36.4 Å². The van der Waals surface area contributed by atoms with Gasteiger partial charge in [-0.05, 0) is 29.8 Å². The molecule has 1 aromatic carbocycles. The van der Waals surface area contributed by atoms with E-state index in [1.165, 1.54) is 0 Å². The quantitative estimate of drug-likeness (QED) is 0.769. The predicted octanol–water partition coefficient (Wildman–Crippen LogP) is 1.85. The first kappa shape index (κ1) is 18.9. The van der Waals surface area contributed by atoms with E-state index in [-0.39, 0.29) is 5.75 Å². The molecule has 0 bridgehead atoms. The van der Waals surface area contributed by atoms with Crippen LogP contribution < -0.4 is 9.80 Å². The van der Waals surface area contributed by atoms with Crippen molar-refractivity contribution in [3.63, 3.8) is 0 Å². The lowest BCUT2D eigenvalue weighted by atomic mass is 10.2.